The lowest BCUT2D eigenvalue weighted by Crippen LogP contribution is -2.27. The predicted molar refractivity (Wildman–Crippen MR) is 136 cm³/mol. The third-order valence-electron chi connectivity index (χ3n) is 7.60. The van der Waals surface area contributed by atoms with Crippen molar-refractivity contribution in [3.8, 4) is 0 Å². The van der Waals surface area contributed by atoms with Crippen LogP contribution >= 0.6 is 15.8 Å². The van der Waals surface area contributed by atoms with E-state index in [1.165, 1.54) is 77.2 Å². The van der Waals surface area contributed by atoms with Crippen LogP contribution in [0.2, 0.25) is 0 Å². The quantitative estimate of drug-likeness (QED) is 0.364. The first-order valence-corrected chi connectivity index (χ1v) is 15.7. The molecule has 0 aromatic carbocycles. The van der Waals surface area contributed by atoms with Gasteiger partial charge in [-0.05, 0) is 80.2 Å². The fraction of sp³-hybridized carbons (Fsp3) is 0.846. The molecule has 29 heavy (non-hydrogen) atoms. The monoisotopic (exact) mass is 435 g/mol. The van der Waals surface area contributed by atoms with Gasteiger partial charge in [0.1, 0.15) is 0 Å². The molecule has 3 heteroatoms. The van der Waals surface area contributed by atoms with Crippen molar-refractivity contribution in [3.63, 3.8) is 0 Å². The Morgan fingerprint density at radius 2 is 1.41 bits per heavy atom. The van der Waals surface area contributed by atoms with Gasteiger partial charge >= 0.3 is 0 Å². The van der Waals surface area contributed by atoms with Crippen LogP contribution in [0.25, 0.3) is 0 Å². The highest BCUT2D eigenvalue weighted by Gasteiger charge is 2.41. The number of allylic oxidation sites excluding steroid dienone is 3. The van der Waals surface area contributed by atoms with Crippen molar-refractivity contribution in [1.82, 2.24) is 4.90 Å². The molecule has 3 aliphatic carbocycles. The maximum absolute atomic E-state index is 2.72. The van der Waals surface area contributed by atoms with Gasteiger partial charge in [-0.3, -0.25) is 0 Å². The molecule has 0 radical (unpaired) electrons. The summed E-state index contributed by atoms with van der Waals surface area (Å²) in [7, 11) is 4.45. The standard InChI is InChI=1S/C26H47NP2/c1-26(2,3)28(6)25-21(19-20-27(4)5)17-18-24(25)29(22-13-9-7-10-14-22)23-15-11-8-12-16-23/h17-18,22-24H,7-16,19-20H2,1-6H3. The molecule has 3 aliphatic rings. The maximum Gasteiger partial charge on any atom is 0.0236 e. The van der Waals surface area contributed by atoms with Gasteiger partial charge in [-0.15, -0.1) is 0 Å². The molecule has 2 saturated carbocycles. The van der Waals surface area contributed by atoms with E-state index in [1.54, 1.807) is 5.57 Å². The molecule has 0 heterocycles. The molecule has 0 aliphatic heterocycles. The molecular weight excluding hydrogens is 388 g/mol. The van der Waals surface area contributed by atoms with E-state index < -0.39 is 0 Å². The van der Waals surface area contributed by atoms with E-state index in [0.29, 0.717) is 5.16 Å². The predicted octanol–water partition coefficient (Wildman–Crippen LogP) is 8.19. The first kappa shape index (κ1) is 24.0. The first-order chi connectivity index (χ1) is 13.8. The van der Waals surface area contributed by atoms with E-state index >= 15 is 0 Å². The number of hydrogen-bond donors (Lipinski definition) is 0. The van der Waals surface area contributed by atoms with Gasteiger partial charge in [0.15, 0.2) is 0 Å². The lowest BCUT2D eigenvalue weighted by molar-refractivity contribution is 0.414. The van der Waals surface area contributed by atoms with E-state index in [4.69, 9.17) is 0 Å². The zero-order valence-corrected chi connectivity index (χ0v) is 22.0. The minimum atomic E-state index is -0.0919. The highest BCUT2D eigenvalue weighted by atomic mass is 31.1. The summed E-state index contributed by atoms with van der Waals surface area (Å²) in [4.78, 5) is 2.37. The molecule has 0 bridgehead atoms. The smallest absolute Gasteiger partial charge is 0.0236 e. The van der Waals surface area contributed by atoms with E-state index in [-0.39, 0.29) is 15.8 Å². The van der Waals surface area contributed by atoms with Crippen molar-refractivity contribution in [3.05, 3.63) is 23.0 Å². The highest BCUT2D eigenvalue weighted by molar-refractivity contribution is 7.67. The molecule has 0 spiro atoms. The van der Waals surface area contributed by atoms with Gasteiger partial charge in [0.2, 0.25) is 0 Å². The van der Waals surface area contributed by atoms with Crippen molar-refractivity contribution in [2.75, 3.05) is 27.3 Å². The average molecular weight is 436 g/mol. The Bertz CT molecular complexity index is 556. The minimum Gasteiger partial charge on any atom is -0.309 e. The zero-order chi connectivity index (χ0) is 21.0. The van der Waals surface area contributed by atoms with Crippen molar-refractivity contribution < 1.29 is 0 Å². The van der Waals surface area contributed by atoms with Crippen LogP contribution in [0.15, 0.2) is 23.0 Å². The lowest BCUT2D eigenvalue weighted by Gasteiger charge is -2.44. The molecule has 0 aromatic rings. The van der Waals surface area contributed by atoms with Crippen molar-refractivity contribution in [1.29, 1.82) is 0 Å². The average Bonchev–Trinajstić information content (AvgIpc) is 3.10. The molecule has 2 atom stereocenters. The van der Waals surface area contributed by atoms with Crippen LogP contribution in [0.4, 0.5) is 0 Å². The maximum atomic E-state index is 2.72. The van der Waals surface area contributed by atoms with Crippen molar-refractivity contribution in [2.45, 2.75) is 114 Å². The van der Waals surface area contributed by atoms with Crippen molar-refractivity contribution in [2.24, 2.45) is 0 Å². The second-order valence-corrected chi connectivity index (χ2v) is 16.9. The lowest BCUT2D eigenvalue weighted by atomic mass is 9.99. The van der Waals surface area contributed by atoms with Crippen LogP contribution in [0.3, 0.4) is 0 Å². The third-order valence-corrected chi connectivity index (χ3v) is 14.9. The van der Waals surface area contributed by atoms with E-state index in [9.17, 15) is 0 Å². The molecule has 3 rings (SSSR count). The SMILES string of the molecule is CN(C)CCC1=C(P(C)C(C)(C)C)C(P(C2CCCCC2)C2CCCCC2)C=C1. The summed E-state index contributed by atoms with van der Waals surface area (Å²) in [6.45, 7) is 11.3. The van der Waals surface area contributed by atoms with E-state index in [2.05, 4.69) is 58.6 Å². The largest absolute Gasteiger partial charge is 0.309 e. The van der Waals surface area contributed by atoms with Crippen LogP contribution in [0.1, 0.15) is 91.4 Å². The van der Waals surface area contributed by atoms with Crippen LogP contribution in [0, 0.1) is 0 Å². The Balaban J connectivity index is 1.94. The van der Waals surface area contributed by atoms with Crippen LogP contribution < -0.4 is 0 Å². The third kappa shape index (κ3) is 6.18. The Labute approximate surface area is 184 Å². The summed E-state index contributed by atoms with van der Waals surface area (Å²) in [6.07, 6.45) is 21.7. The molecule has 1 nitrogen and oxygen atoms in total. The molecule has 0 saturated heterocycles. The summed E-state index contributed by atoms with van der Waals surface area (Å²) < 4.78 is 0. The second kappa shape index (κ2) is 10.7. The Hall–Kier alpha value is 0.300. The van der Waals surface area contributed by atoms with Gasteiger partial charge in [0.05, 0.1) is 0 Å². The summed E-state index contributed by atoms with van der Waals surface area (Å²) >= 11 is 0. The van der Waals surface area contributed by atoms with Crippen LogP contribution in [-0.4, -0.2) is 54.3 Å². The molecule has 166 valence electrons. The molecule has 0 aromatic heterocycles. The number of hydrogen-bond acceptors (Lipinski definition) is 1. The van der Waals surface area contributed by atoms with Crippen molar-refractivity contribution >= 4 is 15.8 Å². The topological polar surface area (TPSA) is 3.24 Å². The summed E-state index contributed by atoms with van der Waals surface area (Å²) in [5, 5.41) is 2.34. The number of nitrogens with zero attached hydrogens (tertiary/aromatic N) is 1. The normalized spacial score (nSPS) is 26.1. The minimum absolute atomic E-state index is 0.0882. The van der Waals surface area contributed by atoms with Gasteiger partial charge in [-0.2, -0.15) is 0 Å². The number of rotatable bonds is 7. The first-order valence-electron chi connectivity index (χ1n) is 12.4. The van der Waals surface area contributed by atoms with E-state index in [0.717, 1.165) is 17.0 Å². The van der Waals surface area contributed by atoms with Gasteiger partial charge in [0.25, 0.3) is 0 Å². The fourth-order valence-corrected chi connectivity index (χ4v) is 12.6. The van der Waals surface area contributed by atoms with Gasteiger partial charge < -0.3 is 4.90 Å². The Morgan fingerprint density at radius 1 is 0.897 bits per heavy atom. The second-order valence-electron chi connectivity index (χ2n) is 11.0. The van der Waals surface area contributed by atoms with Gasteiger partial charge in [-0.25, -0.2) is 0 Å². The highest BCUT2D eigenvalue weighted by Crippen LogP contribution is 2.68. The van der Waals surface area contributed by atoms with E-state index in [1.807, 2.05) is 5.31 Å². The fourth-order valence-electron chi connectivity index (χ4n) is 5.66. The summed E-state index contributed by atoms with van der Waals surface area (Å²) in [5.41, 5.74) is 4.63. The molecule has 0 amide bonds. The van der Waals surface area contributed by atoms with Crippen LogP contribution in [-0.2, 0) is 0 Å². The van der Waals surface area contributed by atoms with Crippen LogP contribution in [0.5, 0.6) is 0 Å². The molecular formula is C26H47NP2. The molecule has 0 N–H and O–H groups in total. The Morgan fingerprint density at radius 3 is 1.86 bits per heavy atom. The molecule has 2 fully saturated rings. The van der Waals surface area contributed by atoms with Gasteiger partial charge in [0, 0.05) is 12.2 Å². The summed E-state index contributed by atoms with van der Waals surface area (Å²) in [6, 6.07) is 0. The van der Waals surface area contributed by atoms with Gasteiger partial charge in [-0.1, -0.05) is 87.3 Å². The summed E-state index contributed by atoms with van der Waals surface area (Å²) in [5.74, 6) is 0. The Kier molecular flexibility index (Phi) is 8.88. The zero-order valence-electron chi connectivity index (χ0n) is 20.2. The molecule has 2 unspecified atom stereocenters.